The molecule has 1 atom stereocenters. The third-order valence-electron chi connectivity index (χ3n) is 4.90. The Morgan fingerprint density at radius 2 is 1.97 bits per heavy atom. The highest BCUT2D eigenvalue weighted by molar-refractivity contribution is 6.13. The van der Waals surface area contributed by atoms with E-state index in [9.17, 15) is 28.0 Å². The minimum absolute atomic E-state index is 0.0911. The molecule has 4 rings (SSSR count). The number of halogens is 3. The number of alkyl halides is 3. The van der Waals surface area contributed by atoms with E-state index in [1.165, 1.54) is 46.2 Å². The van der Waals surface area contributed by atoms with E-state index in [1.54, 1.807) is 6.92 Å². The zero-order chi connectivity index (χ0) is 22.3. The molecular formula is C20H16F3N5O3. The van der Waals surface area contributed by atoms with Crippen molar-refractivity contribution in [1.29, 1.82) is 0 Å². The molecule has 0 unspecified atom stereocenters. The maximum absolute atomic E-state index is 13.1. The summed E-state index contributed by atoms with van der Waals surface area (Å²) in [6, 6.07) is 6.85. The van der Waals surface area contributed by atoms with E-state index < -0.39 is 23.6 Å². The number of amides is 2. The van der Waals surface area contributed by atoms with Crippen molar-refractivity contribution < 1.29 is 27.5 Å². The van der Waals surface area contributed by atoms with Gasteiger partial charge in [-0.3, -0.25) is 14.3 Å². The first kappa shape index (κ1) is 20.4. The summed E-state index contributed by atoms with van der Waals surface area (Å²) in [7, 11) is 0. The van der Waals surface area contributed by atoms with Crippen molar-refractivity contribution in [2.24, 2.45) is 0 Å². The highest BCUT2D eigenvalue weighted by atomic mass is 19.4. The molecule has 11 heteroatoms. The van der Waals surface area contributed by atoms with E-state index in [4.69, 9.17) is 0 Å². The molecule has 2 amide bonds. The standard InChI is InChI=1S/C20H16F3N5O3/c1-12-10-27(15-6-4-14(5-7-15)20(21,22)23)19(30)17-16(9-24-28(12)17)25-18(29)13-3-2-8-26(31)11-13/h2-9,11-12H,10H2,1H3,(H,25,29)/t12-/m0/s1. The maximum Gasteiger partial charge on any atom is 0.416 e. The largest absolute Gasteiger partial charge is 0.619 e. The lowest BCUT2D eigenvalue weighted by Gasteiger charge is -2.32. The Morgan fingerprint density at radius 1 is 1.26 bits per heavy atom. The summed E-state index contributed by atoms with van der Waals surface area (Å²) < 4.78 is 40.5. The van der Waals surface area contributed by atoms with Crippen LogP contribution in [0.15, 0.2) is 55.0 Å². The van der Waals surface area contributed by atoms with Crippen molar-refractivity contribution >= 4 is 23.2 Å². The molecule has 2 aromatic heterocycles. The van der Waals surface area contributed by atoms with Crippen LogP contribution in [-0.4, -0.2) is 28.1 Å². The van der Waals surface area contributed by atoms with Crippen LogP contribution in [0.2, 0.25) is 0 Å². The number of nitrogens with zero attached hydrogens (tertiary/aromatic N) is 4. The molecule has 0 bridgehead atoms. The van der Waals surface area contributed by atoms with Crippen molar-refractivity contribution in [1.82, 2.24) is 9.78 Å². The van der Waals surface area contributed by atoms with Crippen LogP contribution in [0.1, 0.15) is 39.4 Å². The van der Waals surface area contributed by atoms with E-state index in [2.05, 4.69) is 10.4 Å². The monoisotopic (exact) mass is 431 g/mol. The molecule has 8 nitrogen and oxygen atoms in total. The summed E-state index contributed by atoms with van der Waals surface area (Å²) in [5.74, 6) is -1.12. The first-order valence-corrected chi connectivity index (χ1v) is 9.22. The van der Waals surface area contributed by atoms with Gasteiger partial charge in [0.15, 0.2) is 18.1 Å². The third-order valence-corrected chi connectivity index (χ3v) is 4.90. The fraction of sp³-hybridized carbons (Fsp3) is 0.200. The molecule has 3 heterocycles. The van der Waals surface area contributed by atoms with Gasteiger partial charge in [0.25, 0.3) is 11.8 Å². The third kappa shape index (κ3) is 3.81. The van der Waals surface area contributed by atoms with Crippen molar-refractivity contribution in [2.45, 2.75) is 19.1 Å². The van der Waals surface area contributed by atoms with Crippen LogP contribution in [0, 0.1) is 5.21 Å². The summed E-state index contributed by atoms with van der Waals surface area (Å²) in [5, 5.41) is 18.1. The lowest BCUT2D eigenvalue weighted by Crippen LogP contribution is -2.43. The molecule has 0 saturated carbocycles. The Labute approximate surface area is 174 Å². The molecule has 160 valence electrons. The van der Waals surface area contributed by atoms with Gasteiger partial charge in [-0.25, -0.2) is 0 Å². The molecule has 0 saturated heterocycles. The number of carbonyl (C=O) groups excluding carboxylic acids is 2. The Bertz CT molecular complexity index is 1160. The van der Waals surface area contributed by atoms with Gasteiger partial charge in [0, 0.05) is 18.3 Å². The van der Waals surface area contributed by atoms with Crippen LogP contribution < -0.4 is 14.9 Å². The quantitative estimate of drug-likeness (QED) is 0.510. The average Bonchev–Trinajstić information content (AvgIpc) is 3.14. The van der Waals surface area contributed by atoms with Crippen molar-refractivity contribution in [3.8, 4) is 0 Å². The predicted octanol–water partition coefficient (Wildman–Crippen LogP) is 3.01. The van der Waals surface area contributed by atoms with Crippen LogP contribution in [-0.2, 0) is 6.18 Å². The van der Waals surface area contributed by atoms with E-state index in [-0.39, 0.29) is 29.5 Å². The molecule has 1 aliphatic rings. The molecule has 0 radical (unpaired) electrons. The average molecular weight is 431 g/mol. The molecule has 31 heavy (non-hydrogen) atoms. The van der Waals surface area contributed by atoms with Gasteiger partial charge in [0.1, 0.15) is 5.56 Å². The van der Waals surface area contributed by atoms with Gasteiger partial charge < -0.3 is 15.4 Å². The Hall–Kier alpha value is -3.89. The van der Waals surface area contributed by atoms with Crippen molar-refractivity contribution in [3.05, 3.63) is 77.0 Å². The number of anilines is 2. The number of pyridine rings is 1. The minimum atomic E-state index is -4.48. The number of rotatable bonds is 3. The van der Waals surface area contributed by atoms with Gasteiger partial charge in [0.05, 0.1) is 23.5 Å². The second kappa shape index (κ2) is 7.42. The fourth-order valence-corrected chi connectivity index (χ4v) is 3.39. The highest BCUT2D eigenvalue weighted by Gasteiger charge is 2.35. The zero-order valence-electron chi connectivity index (χ0n) is 16.1. The fourth-order valence-electron chi connectivity index (χ4n) is 3.39. The number of nitrogens with one attached hydrogen (secondary N) is 1. The SMILES string of the molecule is C[C@H]1CN(c2ccc(C(F)(F)F)cc2)C(=O)c2c(NC(=O)c3ccc[n+]([O-])c3)cnn21. The molecule has 1 N–H and O–H groups in total. The second-order valence-electron chi connectivity index (χ2n) is 7.07. The van der Waals surface area contributed by atoms with E-state index in [0.29, 0.717) is 10.4 Å². The molecule has 1 aliphatic heterocycles. The van der Waals surface area contributed by atoms with E-state index >= 15 is 0 Å². The first-order chi connectivity index (χ1) is 14.6. The summed E-state index contributed by atoms with van der Waals surface area (Å²) >= 11 is 0. The molecule has 0 fully saturated rings. The van der Waals surface area contributed by atoms with E-state index in [0.717, 1.165) is 18.3 Å². The Balaban J connectivity index is 1.63. The molecule has 1 aromatic carbocycles. The number of fused-ring (bicyclic) bond motifs is 1. The van der Waals surface area contributed by atoms with Crippen LogP contribution in [0.25, 0.3) is 0 Å². The second-order valence-corrected chi connectivity index (χ2v) is 7.07. The summed E-state index contributed by atoms with van der Waals surface area (Å²) in [6.45, 7) is 1.99. The smallest absolute Gasteiger partial charge is 0.416 e. The van der Waals surface area contributed by atoms with Gasteiger partial charge in [0.2, 0.25) is 0 Å². The van der Waals surface area contributed by atoms with E-state index in [1.807, 2.05) is 0 Å². The number of hydrogen-bond acceptors (Lipinski definition) is 4. The minimum Gasteiger partial charge on any atom is -0.619 e. The summed E-state index contributed by atoms with van der Waals surface area (Å²) in [4.78, 5) is 27.0. The van der Waals surface area contributed by atoms with Gasteiger partial charge >= 0.3 is 6.18 Å². The molecular weight excluding hydrogens is 415 g/mol. The highest BCUT2D eigenvalue weighted by Crippen LogP contribution is 2.33. The van der Waals surface area contributed by atoms with Crippen LogP contribution in [0.5, 0.6) is 0 Å². The van der Waals surface area contributed by atoms with Gasteiger partial charge in [-0.2, -0.15) is 23.0 Å². The predicted molar refractivity (Wildman–Crippen MR) is 103 cm³/mol. The Kier molecular flexibility index (Phi) is 4.88. The summed E-state index contributed by atoms with van der Waals surface area (Å²) in [6.07, 6.45) is -0.838. The van der Waals surface area contributed by atoms with Crippen molar-refractivity contribution in [3.63, 3.8) is 0 Å². The van der Waals surface area contributed by atoms with Crippen LogP contribution in [0.4, 0.5) is 24.5 Å². The molecule has 3 aromatic rings. The summed E-state index contributed by atoms with van der Waals surface area (Å²) in [5.41, 5.74) is -0.193. The Morgan fingerprint density at radius 3 is 2.61 bits per heavy atom. The maximum atomic E-state index is 13.1. The topological polar surface area (TPSA) is 94.2 Å². The van der Waals surface area contributed by atoms with Crippen LogP contribution in [0.3, 0.4) is 0 Å². The van der Waals surface area contributed by atoms with Gasteiger partial charge in [-0.1, -0.05) is 0 Å². The molecule has 0 spiro atoms. The number of benzene rings is 1. The number of hydrogen-bond donors (Lipinski definition) is 1. The molecule has 0 aliphatic carbocycles. The zero-order valence-corrected chi connectivity index (χ0v) is 16.1. The van der Waals surface area contributed by atoms with Gasteiger partial charge in [-0.05, 0) is 37.3 Å². The first-order valence-electron chi connectivity index (χ1n) is 9.22. The van der Waals surface area contributed by atoms with Crippen molar-refractivity contribution in [2.75, 3.05) is 16.8 Å². The van der Waals surface area contributed by atoms with Gasteiger partial charge in [-0.15, -0.1) is 0 Å². The van der Waals surface area contributed by atoms with Crippen LogP contribution >= 0.6 is 0 Å². The lowest BCUT2D eigenvalue weighted by atomic mass is 10.1. The number of aromatic nitrogens is 3. The normalized spacial score (nSPS) is 16.2. The number of carbonyl (C=O) groups is 2. The lowest BCUT2D eigenvalue weighted by molar-refractivity contribution is -0.605.